The molecule has 0 fully saturated rings. The van der Waals surface area contributed by atoms with E-state index in [4.69, 9.17) is 4.42 Å². The number of amides is 2. The Balaban J connectivity index is 1.62. The molecule has 0 radical (unpaired) electrons. The topological polar surface area (TPSA) is 88.4 Å². The van der Waals surface area contributed by atoms with Gasteiger partial charge in [0.15, 0.2) is 11.5 Å². The van der Waals surface area contributed by atoms with Crippen molar-refractivity contribution in [1.29, 1.82) is 0 Å². The molecule has 0 aliphatic carbocycles. The number of furan rings is 1. The second-order valence-electron chi connectivity index (χ2n) is 5.01. The highest BCUT2D eigenvalue weighted by molar-refractivity contribution is 9.10. The van der Waals surface area contributed by atoms with Gasteiger partial charge < -0.3 is 15.1 Å². The second kappa shape index (κ2) is 9.02. The summed E-state index contributed by atoms with van der Waals surface area (Å²) in [5.74, 6) is -0.419. The number of Topliss-reactive ketones (excluding diaryl/α,β-unsaturated/α-hetero) is 1. The van der Waals surface area contributed by atoms with E-state index in [-0.39, 0.29) is 49.3 Å². The van der Waals surface area contributed by atoms with Gasteiger partial charge in [-0.25, -0.2) is 0 Å². The average Bonchev–Trinajstić information content (AvgIpc) is 3.11. The molecule has 0 atom stereocenters. The van der Waals surface area contributed by atoms with Gasteiger partial charge in [-0.3, -0.25) is 14.4 Å². The molecule has 2 aromatic rings. The minimum atomic E-state index is -0.334. The fourth-order valence-corrected chi connectivity index (χ4v) is 2.23. The van der Waals surface area contributed by atoms with E-state index in [1.165, 1.54) is 6.26 Å². The molecule has 0 aliphatic rings. The van der Waals surface area contributed by atoms with Crippen LogP contribution in [0, 0.1) is 0 Å². The lowest BCUT2D eigenvalue weighted by atomic mass is 10.1. The molecule has 0 saturated heterocycles. The molecule has 6 nitrogen and oxygen atoms in total. The Kier molecular flexibility index (Phi) is 6.74. The Morgan fingerprint density at radius 1 is 0.958 bits per heavy atom. The van der Waals surface area contributed by atoms with Crippen molar-refractivity contribution in [3.63, 3.8) is 0 Å². The zero-order valence-corrected chi connectivity index (χ0v) is 14.5. The molecule has 0 unspecified atom stereocenters. The highest BCUT2D eigenvalue weighted by Gasteiger charge is 2.10. The summed E-state index contributed by atoms with van der Waals surface area (Å²) in [6, 6.07) is 10.2. The van der Waals surface area contributed by atoms with Gasteiger partial charge in [0.2, 0.25) is 5.91 Å². The third-order valence-electron chi connectivity index (χ3n) is 3.22. The maximum atomic E-state index is 11.9. The zero-order valence-electron chi connectivity index (χ0n) is 12.9. The van der Waals surface area contributed by atoms with Crippen LogP contribution in [0.1, 0.15) is 33.8 Å². The highest BCUT2D eigenvalue weighted by Crippen LogP contribution is 2.12. The Morgan fingerprint density at radius 3 is 2.33 bits per heavy atom. The maximum Gasteiger partial charge on any atom is 0.287 e. The first-order valence-electron chi connectivity index (χ1n) is 7.43. The van der Waals surface area contributed by atoms with Gasteiger partial charge in [0.05, 0.1) is 6.26 Å². The second-order valence-corrected chi connectivity index (χ2v) is 5.93. The van der Waals surface area contributed by atoms with E-state index in [9.17, 15) is 14.4 Å². The fraction of sp³-hybridized carbons (Fsp3) is 0.235. The van der Waals surface area contributed by atoms with Crippen LogP contribution in [-0.2, 0) is 4.79 Å². The van der Waals surface area contributed by atoms with E-state index in [1.807, 2.05) is 0 Å². The average molecular weight is 393 g/mol. The molecular formula is C17H17BrN2O4. The molecule has 2 N–H and O–H groups in total. The van der Waals surface area contributed by atoms with Crippen LogP contribution in [-0.4, -0.2) is 30.7 Å². The van der Waals surface area contributed by atoms with Crippen LogP contribution < -0.4 is 10.6 Å². The number of hydrogen-bond donors (Lipinski definition) is 2. The van der Waals surface area contributed by atoms with Gasteiger partial charge in [0.25, 0.3) is 5.91 Å². The molecule has 24 heavy (non-hydrogen) atoms. The molecule has 1 aromatic carbocycles. The predicted molar refractivity (Wildman–Crippen MR) is 91.8 cm³/mol. The van der Waals surface area contributed by atoms with Crippen LogP contribution in [0.4, 0.5) is 0 Å². The van der Waals surface area contributed by atoms with E-state index in [0.717, 1.165) is 4.47 Å². The molecular weight excluding hydrogens is 376 g/mol. The van der Waals surface area contributed by atoms with Crippen molar-refractivity contribution >= 4 is 33.5 Å². The van der Waals surface area contributed by atoms with Crippen molar-refractivity contribution in [3.8, 4) is 0 Å². The Bertz CT molecular complexity index is 696. The van der Waals surface area contributed by atoms with Gasteiger partial charge in [-0.2, -0.15) is 0 Å². The fourth-order valence-electron chi connectivity index (χ4n) is 1.97. The minimum Gasteiger partial charge on any atom is -0.459 e. The van der Waals surface area contributed by atoms with E-state index in [1.54, 1.807) is 36.4 Å². The zero-order chi connectivity index (χ0) is 17.4. The number of ketones is 1. The molecule has 0 spiro atoms. The van der Waals surface area contributed by atoms with Gasteiger partial charge in [-0.05, 0) is 24.3 Å². The lowest BCUT2D eigenvalue weighted by Crippen LogP contribution is -2.34. The van der Waals surface area contributed by atoms with Crippen molar-refractivity contribution in [1.82, 2.24) is 10.6 Å². The standard InChI is InChI=1S/C17H17BrN2O4/c18-13-5-3-12(4-6-13)14(21)7-8-16(22)19-9-10-20-17(23)15-2-1-11-24-15/h1-6,11H,7-10H2,(H,19,22)(H,20,23). The molecule has 2 amide bonds. The first-order chi connectivity index (χ1) is 11.6. The lowest BCUT2D eigenvalue weighted by Gasteiger charge is -2.06. The number of nitrogens with one attached hydrogen (secondary N) is 2. The number of benzene rings is 1. The summed E-state index contributed by atoms with van der Waals surface area (Å²) in [5.41, 5.74) is 0.580. The number of carbonyl (C=O) groups excluding carboxylic acids is 3. The van der Waals surface area contributed by atoms with E-state index in [0.29, 0.717) is 5.56 Å². The first kappa shape index (κ1) is 17.9. The summed E-state index contributed by atoms with van der Waals surface area (Å²) in [7, 11) is 0. The van der Waals surface area contributed by atoms with Gasteiger partial charge in [-0.1, -0.05) is 28.1 Å². The van der Waals surface area contributed by atoms with Gasteiger partial charge in [0.1, 0.15) is 0 Å². The number of carbonyl (C=O) groups is 3. The van der Waals surface area contributed by atoms with E-state index >= 15 is 0 Å². The van der Waals surface area contributed by atoms with Crippen LogP contribution in [0.25, 0.3) is 0 Å². The molecule has 1 heterocycles. The Morgan fingerprint density at radius 2 is 1.67 bits per heavy atom. The van der Waals surface area contributed by atoms with Gasteiger partial charge >= 0.3 is 0 Å². The molecule has 0 saturated carbocycles. The Hall–Kier alpha value is -2.41. The monoisotopic (exact) mass is 392 g/mol. The molecule has 2 rings (SSSR count). The predicted octanol–water partition coefficient (Wildman–Crippen LogP) is 2.55. The van der Waals surface area contributed by atoms with Crippen LogP contribution in [0.3, 0.4) is 0 Å². The molecule has 7 heteroatoms. The molecule has 0 bridgehead atoms. The van der Waals surface area contributed by atoms with Crippen LogP contribution in [0.15, 0.2) is 51.6 Å². The van der Waals surface area contributed by atoms with Gasteiger partial charge in [0, 0.05) is 36.0 Å². The summed E-state index contributed by atoms with van der Waals surface area (Å²) in [6.07, 6.45) is 1.67. The SMILES string of the molecule is O=C(CCC(=O)c1ccc(Br)cc1)NCCNC(=O)c1ccco1. The van der Waals surface area contributed by atoms with E-state index in [2.05, 4.69) is 26.6 Å². The number of halogens is 1. The smallest absolute Gasteiger partial charge is 0.287 e. The van der Waals surface area contributed by atoms with Gasteiger partial charge in [-0.15, -0.1) is 0 Å². The third kappa shape index (κ3) is 5.66. The third-order valence-corrected chi connectivity index (χ3v) is 3.75. The van der Waals surface area contributed by atoms with Crippen LogP contribution >= 0.6 is 15.9 Å². The summed E-state index contributed by atoms with van der Waals surface area (Å²) in [4.78, 5) is 35.2. The highest BCUT2D eigenvalue weighted by atomic mass is 79.9. The summed E-state index contributed by atoms with van der Waals surface area (Å²) >= 11 is 3.30. The van der Waals surface area contributed by atoms with Crippen molar-refractivity contribution in [2.24, 2.45) is 0 Å². The number of hydrogen-bond acceptors (Lipinski definition) is 4. The minimum absolute atomic E-state index is 0.0798. The summed E-state index contributed by atoms with van der Waals surface area (Å²) in [5, 5.41) is 5.27. The van der Waals surface area contributed by atoms with Crippen molar-refractivity contribution < 1.29 is 18.8 Å². The molecule has 1 aromatic heterocycles. The largest absolute Gasteiger partial charge is 0.459 e. The lowest BCUT2D eigenvalue weighted by molar-refractivity contribution is -0.121. The first-order valence-corrected chi connectivity index (χ1v) is 8.23. The maximum absolute atomic E-state index is 11.9. The quantitative estimate of drug-likeness (QED) is 0.533. The van der Waals surface area contributed by atoms with Crippen LogP contribution in [0.2, 0.25) is 0 Å². The normalized spacial score (nSPS) is 10.2. The van der Waals surface area contributed by atoms with Crippen LogP contribution in [0.5, 0.6) is 0 Å². The molecule has 126 valence electrons. The van der Waals surface area contributed by atoms with E-state index < -0.39 is 0 Å². The molecule has 0 aliphatic heterocycles. The number of rotatable bonds is 8. The summed E-state index contributed by atoms with van der Waals surface area (Å²) < 4.78 is 5.84. The Labute approximate surface area is 147 Å². The van der Waals surface area contributed by atoms with Crippen molar-refractivity contribution in [2.75, 3.05) is 13.1 Å². The van der Waals surface area contributed by atoms with Crippen molar-refractivity contribution in [2.45, 2.75) is 12.8 Å². The van der Waals surface area contributed by atoms with Crippen molar-refractivity contribution in [3.05, 3.63) is 58.5 Å². The summed E-state index contributed by atoms with van der Waals surface area (Å²) in [6.45, 7) is 0.573.